The molecular weight excluding hydrogens is 525 g/mol. The first kappa shape index (κ1) is 28.9. The number of nitrogens with zero attached hydrogens (tertiary/aromatic N) is 1. The summed E-state index contributed by atoms with van der Waals surface area (Å²) in [6, 6.07) is 5.09. The number of methoxy groups -OCH3 is 1. The summed E-state index contributed by atoms with van der Waals surface area (Å²) in [5, 5.41) is 0.452. The van der Waals surface area contributed by atoms with Crippen LogP contribution in [0.25, 0.3) is 0 Å². The molecule has 2 fully saturated rings. The van der Waals surface area contributed by atoms with Crippen LogP contribution in [0.4, 0.5) is 4.39 Å². The van der Waals surface area contributed by atoms with Gasteiger partial charge in [0.25, 0.3) is 0 Å². The van der Waals surface area contributed by atoms with E-state index in [9.17, 15) is 18.8 Å². The van der Waals surface area contributed by atoms with Crippen molar-refractivity contribution in [2.24, 2.45) is 0 Å². The van der Waals surface area contributed by atoms with E-state index in [1.807, 2.05) is 21.6 Å². The van der Waals surface area contributed by atoms with E-state index >= 15 is 0 Å². The summed E-state index contributed by atoms with van der Waals surface area (Å²) in [6.45, 7) is 0.205. The fraction of sp³-hybridized carbons (Fsp3) is 0.560. The molecule has 0 aromatic heterocycles. The van der Waals surface area contributed by atoms with Gasteiger partial charge in [0.15, 0.2) is 0 Å². The molecule has 0 radical (unpaired) electrons. The average Bonchev–Trinajstić information content (AvgIpc) is 3.38. The third kappa shape index (κ3) is 8.71. The molecule has 2 saturated heterocycles. The van der Waals surface area contributed by atoms with Gasteiger partial charge in [-0.05, 0) is 37.3 Å². The van der Waals surface area contributed by atoms with Crippen molar-refractivity contribution < 1.29 is 33.0 Å². The number of unbranched alkanes of at least 4 members (excludes halogenated alkanes) is 1. The molecule has 0 amide bonds. The summed E-state index contributed by atoms with van der Waals surface area (Å²) in [7, 11) is 5.08. The van der Waals surface area contributed by atoms with Crippen LogP contribution in [0.1, 0.15) is 50.1 Å². The monoisotopic (exact) mass is 557 g/mol. The Kier molecular flexibility index (Phi) is 12.0. The number of carbonyl (C=O) groups excluding carboxylic acids is 3. The maximum absolute atomic E-state index is 14.5. The summed E-state index contributed by atoms with van der Waals surface area (Å²) < 4.78 is 29.5. The predicted molar refractivity (Wildman–Crippen MR) is 142 cm³/mol. The van der Waals surface area contributed by atoms with Gasteiger partial charge >= 0.3 is 17.9 Å². The highest BCUT2D eigenvalue weighted by Gasteiger charge is 2.34. The minimum absolute atomic E-state index is 0.203. The van der Waals surface area contributed by atoms with Crippen molar-refractivity contribution in [3.63, 3.8) is 0 Å². The van der Waals surface area contributed by atoms with Crippen LogP contribution in [0.15, 0.2) is 35.9 Å². The van der Waals surface area contributed by atoms with Gasteiger partial charge in [-0.1, -0.05) is 46.2 Å². The zero-order valence-corrected chi connectivity index (χ0v) is 22.8. The Labute approximate surface area is 224 Å². The number of benzene rings is 1. The van der Waals surface area contributed by atoms with Crippen LogP contribution in [-0.4, -0.2) is 66.1 Å². The number of ether oxygens (including phenoxy) is 3. The van der Waals surface area contributed by atoms with E-state index in [0.29, 0.717) is 30.2 Å². The maximum Gasteiger partial charge on any atom is 0.333 e. The van der Waals surface area contributed by atoms with E-state index in [-0.39, 0.29) is 17.4 Å². The molecule has 1 aromatic rings. The molecule has 0 saturated carbocycles. The van der Waals surface area contributed by atoms with Crippen molar-refractivity contribution in [1.29, 1.82) is 0 Å². The van der Waals surface area contributed by atoms with Crippen molar-refractivity contribution in [1.82, 2.24) is 4.90 Å². The van der Waals surface area contributed by atoms with E-state index in [2.05, 4.69) is 12.6 Å². The molecule has 1 aromatic carbocycles. The zero-order chi connectivity index (χ0) is 25.9. The van der Waals surface area contributed by atoms with Crippen molar-refractivity contribution in [3.05, 3.63) is 47.3 Å². The lowest BCUT2D eigenvalue weighted by molar-refractivity contribution is -0.164. The lowest BCUT2D eigenvalue weighted by Crippen LogP contribution is -2.42. The summed E-state index contributed by atoms with van der Waals surface area (Å²) >= 11 is 4.54. The van der Waals surface area contributed by atoms with Crippen molar-refractivity contribution in [2.45, 2.75) is 55.1 Å². The Morgan fingerprint density at radius 3 is 2.75 bits per heavy atom. The molecule has 198 valence electrons. The molecular formula is C25H32FNO6S3. The van der Waals surface area contributed by atoms with Crippen LogP contribution in [0.3, 0.4) is 0 Å². The summed E-state index contributed by atoms with van der Waals surface area (Å²) in [5.74, 6) is -0.973. The molecule has 0 N–H and O–H groups in total. The third-order valence-corrected chi connectivity index (χ3v) is 9.70. The van der Waals surface area contributed by atoms with Gasteiger partial charge in [0.2, 0.25) is 6.79 Å². The first-order valence-electron chi connectivity index (χ1n) is 11.9. The van der Waals surface area contributed by atoms with E-state index in [1.165, 1.54) is 31.4 Å². The van der Waals surface area contributed by atoms with Gasteiger partial charge in [-0.2, -0.15) is 12.6 Å². The minimum atomic E-state index is -0.955. The number of halogens is 1. The molecule has 0 spiro atoms. The van der Waals surface area contributed by atoms with Crippen molar-refractivity contribution in [3.8, 4) is 0 Å². The van der Waals surface area contributed by atoms with Gasteiger partial charge in [-0.15, -0.1) is 0 Å². The van der Waals surface area contributed by atoms with Gasteiger partial charge in [0, 0.05) is 47.4 Å². The topological polar surface area (TPSA) is 82.1 Å². The molecule has 7 nitrogen and oxygen atoms in total. The molecule has 1 unspecified atom stereocenters. The van der Waals surface area contributed by atoms with Gasteiger partial charge in [-0.25, -0.2) is 14.0 Å². The SMILES string of the molecule is COC(=O)[C@H](c1ccccc1F)N1CCC(S)/C(=C\C(=O)OCOC(=O)CCCC[C@H]2CCSS2)C1. The van der Waals surface area contributed by atoms with Crippen LogP contribution in [0, 0.1) is 5.82 Å². The van der Waals surface area contributed by atoms with E-state index in [1.54, 1.807) is 23.1 Å². The normalized spacial score (nSPS) is 22.2. The van der Waals surface area contributed by atoms with Gasteiger partial charge in [0.1, 0.15) is 11.9 Å². The number of rotatable bonds is 11. The molecule has 2 aliphatic heterocycles. The van der Waals surface area contributed by atoms with Crippen LogP contribution < -0.4 is 0 Å². The van der Waals surface area contributed by atoms with Crippen LogP contribution in [0.5, 0.6) is 0 Å². The second kappa shape index (κ2) is 14.9. The van der Waals surface area contributed by atoms with Gasteiger partial charge < -0.3 is 14.2 Å². The number of hydrogen-bond acceptors (Lipinski definition) is 10. The molecule has 2 heterocycles. The highest BCUT2D eigenvalue weighted by molar-refractivity contribution is 8.77. The Morgan fingerprint density at radius 1 is 1.22 bits per heavy atom. The van der Waals surface area contributed by atoms with Crippen molar-refractivity contribution in [2.75, 3.05) is 32.7 Å². The standard InChI is InChI=1S/C25H32FNO6S3/c1-31-25(30)24(19-7-3-4-8-20(19)26)27-12-10-21(34)17(15-27)14-23(29)33-16-32-22(28)9-5-2-6-18-11-13-35-36-18/h3-4,7-8,14,18,21,24,34H,2,5-6,9-13,15-16H2,1H3/b17-14-/t18-,21?,24-/m0/s1. The molecule has 2 aliphatic rings. The first-order chi connectivity index (χ1) is 17.4. The number of piperidine rings is 1. The fourth-order valence-electron chi connectivity index (χ4n) is 4.16. The number of carbonyl (C=O) groups is 3. The lowest BCUT2D eigenvalue weighted by atomic mass is 9.98. The van der Waals surface area contributed by atoms with E-state index in [4.69, 9.17) is 14.2 Å². The predicted octanol–water partition coefficient (Wildman–Crippen LogP) is 4.73. The smallest absolute Gasteiger partial charge is 0.333 e. The molecule has 3 rings (SSSR count). The molecule has 0 aliphatic carbocycles. The number of hydrogen-bond donors (Lipinski definition) is 1. The van der Waals surface area contributed by atoms with E-state index < -0.39 is 36.6 Å². The largest absolute Gasteiger partial charge is 0.468 e. The van der Waals surface area contributed by atoms with Crippen LogP contribution >= 0.6 is 34.2 Å². The lowest BCUT2D eigenvalue weighted by Gasteiger charge is -2.36. The Morgan fingerprint density at radius 2 is 2.03 bits per heavy atom. The molecule has 36 heavy (non-hydrogen) atoms. The molecule has 11 heteroatoms. The molecule has 3 atom stereocenters. The highest BCUT2D eigenvalue weighted by Crippen LogP contribution is 2.40. The second-order valence-corrected chi connectivity index (χ2v) is 12.0. The first-order valence-corrected chi connectivity index (χ1v) is 14.8. The Hall–Kier alpha value is -1.69. The number of likely N-dealkylation sites (tertiary alicyclic amines) is 1. The number of esters is 3. The zero-order valence-electron chi connectivity index (χ0n) is 20.2. The minimum Gasteiger partial charge on any atom is -0.468 e. The van der Waals surface area contributed by atoms with E-state index in [0.717, 1.165) is 19.3 Å². The van der Waals surface area contributed by atoms with Gasteiger partial charge in [-0.3, -0.25) is 9.69 Å². The number of thiol groups is 1. The quantitative estimate of drug-likeness (QED) is 0.104. The van der Waals surface area contributed by atoms with Crippen LogP contribution in [0.2, 0.25) is 0 Å². The Balaban J connectivity index is 1.48. The maximum atomic E-state index is 14.5. The highest BCUT2D eigenvalue weighted by atomic mass is 33.1. The Bertz CT molecular complexity index is 940. The summed E-state index contributed by atoms with van der Waals surface area (Å²) in [5.41, 5.74) is 0.825. The summed E-state index contributed by atoms with van der Waals surface area (Å²) in [4.78, 5) is 38.5. The molecule has 0 bridgehead atoms. The third-order valence-electron chi connectivity index (χ3n) is 6.10. The van der Waals surface area contributed by atoms with Crippen LogP contribution in [-0.2, 0) is 28.6 Å². The second-order valence-electron chi connectivity index (χ2n) is 8.61. The van der Waals surface area contributed by atoms with Gasteiger partial charge in [0.05, 0.1) is 7.11 Å². The van der Waals surface area contributed by atoms with Crippen molar-refractivity contribution >= 4 is 52.1 Å². The summed E-state index contributed by atoms with van der Waals surface area (Å²) in [6.07, 6.45) is 6.17. The average molecular weight is 558 g/mol. The fourth-order valence-corrected chi connectivity index (χ4v) is 7.46.